The lowest BCUT2D eigenvalue weighted by molar-refractivity contribution is 0.984. The minimum atomic E-state index is 1.08. The predicted molar refractivity (Wildman–Crippen MR) is 45.4 cm³/mol. The van der Waals surface area contributed by atoms with Gasteiger partial charge in [-0.1, -0.05) is 12.2 Å². The molecule has 0 radical (unpaired) electrons. The lowest BCUT2D eigenvalue weighted by atomic mass is 10.1. The first kappa shape index (κ1) is 6.59. The van der Waals surface area contributed by atoms with Crippen molar-refractivity contribution in [3.63, 3.8) is 0 Å². The number of aromatic nitrogens is 1. The van der Waals surface area contributed by atoms with Gasteiger partial charge >= 0.3 is 0 Å². The van der Waals surface area contributed by atoms with E-state index in [0.29, 0.717) is 0 Å². The summed E-state index contributed by atoms with van der Waals surface area (Å²) in [5.41, 5.74) is 2.85. The van der Waals surface area contributed by atoms with Crippen LogP contribution in [0, 0.1) is 0 Å². The Kier molecular flexibility index (Phi) is 1.72. The second kappa shape index (κ2) is 2.87. The molecule has 0 spiro atoms. The first-order valence-electron chi connectivity index (χ1n) is 4.03. The van der Waals surface area contributed by atoms with Crippen molar-refractivity contribution in [2.75, 3.05) is 0 Å². The Hall–Kier alpha value is -1.11. The topological polar surface area (TPSA) is 12.9 Å². The number of pyridine rings is 1. The Bertz CT molecular complexity index is 276. The fourth-order valence-electron chi connectivity index (χ4n) is 1.45. The van der Waals surface area contributed by atoms with E-state index in [2.05, 4.69) is 23.2 Å². The van der Waals surface area contributed by atoms with E-state index >= 15 is 0 Å². The van der Waals surface area contributed by atoms with Crippen molar-refractivity contribution in [2.45, 2.75) is 19.3 Å². The highest BCUT2D eigenvalue weighted by atomic mass is 14.6. The van der Waals surface area contributed by atoms with Gasteiger partial charge in [0, 0.05) is 12.4 Å². The molecule has 0 fully saturated rings. The zero-order chi connectivity index (χ0) is 7.52. The average molecular weight is 145 g/mol. The summed E-state index contributed by atoms with van der Waals surface area (Å²) in [6.07, 6.45) is 11.8. The molecule has 56 valence electrons. The van der Waals surface area contributed by atoms with Crippen LogP contribution in [0.15, 0.2) is 30.6 Å². The van der Waals surface area contributed by atoms with Crippen LogP contribution in [0.4, 0.5) is 0 Å². The second-order valence-corrected chi connectivity index (χ2v) is 2.86. The standard InChI is InChI=1S/C10H11N/c1-2-4-9-6-7-11-8-10(9)5-3-1/h1-2,6-8H,3-5H2. The maximum atomic E-state index is 4.11. The molecule has 0 saturated heterocycles. The number of rotatable bonds is 0. The summed E-state index contributed by atoms with van der Waals surface area (Å²) in [6.45, 7) is 0. The molecule has 1 heterocycles. The highest BCUT2D eigenvalue weighted by Crippen LogP contribution is 2.14. The Morgan fingerprint density at radius 3 is 3.18 bits per heavy atom. The zero-order valence-corrected chi connectivity index (χ0v) is 6.46. The highest BCUT2D eigenvalue weighted by molar-refractivity contribution is 5.27. The molecule has 1 aromatic heterocycles. The van der Waals surface area contributed by atoms with Crippen molar-refractivity contribution in [1.82, 2.24) is 4.98 Å². The first-order chi connectivity index (χ1) is 5.47. The smallest absolute Gasteiger partial charge is 0.0302 e. The maximum absolute atomic E-state index is 4.11. The van der Waals surface area contributed by atoms with Gasteiger partial charge < -0.3 is 0 Å². The van der Waals surface area contributed by atoms with Crippen LogP contribution in [0.3, 0.4) is 0 Å². The fourth-order valence-corrected chi connectivity index (χ4v) is 1.45. The van der Waals surface area contributed by atoms with Gasteiger partial charge in [0.05, 0.1) is 0 Å². The number of allylic oxidation sites excluding steroid dienone is 2. The summed E-state index contributed by atoms with van der Waals surface area (Å²) >= 11 is 0. The highest BCUT2D eigenvalue weighted by Gasteiger charge is 2.01. The molecule has 1 aliphatic rings. The van der Waals surface area contributed by atoms with Crippen molar-refractivity contribution in [1.29, 1.82) is 0 Å². The van der Waals surface area contributed by atoms with E-state index in [0.717, 1.165) is 12.8 Å². The minimum Gasteiger partial charge on any atom is -0.264 e. The molecule has 1 nitrogen and oxygen atoms in total. The molecule has 0 amide bonds. The molecule has 0 bridgehead atoms. The van der Waals surface area contributed by atoms with Crippen molar-refractivity contribution in [2.24, 2.45) is 0 Å². The van der Waals surface area contributed by atoms with Crippen LogP contribution >= 0.6 is 0 Å². The van der Waals surface area contributed by atoms with Gasteiger partial charge in [-0.3, -0.25) is 4.98 Å². The van der Waals surface area contributed by atoms with Gasteiger partial charge in [-0.25, -0.2) is 0 Å². The van der Waals surface area contributed by atoms with Crippen LogP contribution in [0.25, 0.3) is 0 Å². The Morgan fingerprint density at radius 2 is 2.18 bits per heavy atom. The molecule has 0 N–H and O–H groups in total. The number of hydrogen-bond acceptors (Lipinski definition) is 1. The number of fused-ring (bicyclic) bond motifs is 1. The van der Waals surface area contributed by atoms with E-state index in [1.807, 2.05) is 12.4 Å². The maximum Gasteiger partial charge on any atom is 0.0302 e. The molecule has 1 heteroatoms. The third-order valence-corrected chi connectivity index (χ3v) is 2.09. The van der Waals surface area contributed by atoms with Gasteiger partial charge in [-0.05, 0) is 36.5 Å². The molecule has 1 aliphatic carbocycles. The van der Waals surface area contributed by atoms with Crippen LogP contribution in [0.1, 0.15) is 17.5 Å². The summed E-state index contributed by atoms with van der Waals surface area (Å²) in [5.74, 6) is 0. The van der Waals surface area contributed by atoms with Crippen LogP contribution in [0.2, 0.25) is 0 Å². The lowest BCUT2D eigenvalue weighted by Gasteiger charge is -2.01. The Labute approximate surface area is 66.8 Å². The summed E-state index contributed by atoms with van der Waals surface area (Å²) in [7, 11) is 0. The normalized spacial score (nSPS) is 15.6. The number of hydrogen-bond donors (Lipinski definition) is 0. The van der Waals surface area contributed by atoms with Gasteiger partial charge in [0.1, 0.15) is 0 Å². The third kappa shape index (κ3) is 1.32. The summed E-state index contributed by atoms with van der Waals surface area (Å²) in [4.78, 5) is 4.11. The van der Waals surface area contributed by atoms with E-state index < -0.39 is 0 Å². The molecule has 1 aromatic rings. The van der Waals surface area contributed by atoms with Crippen molar-refractivity contribution < 1.29 is 0 Å². The quantitative estimate of drug-likeness (QED) is 0.509. The predicted octanol–water partition coefficient (Wildman–Crippen LogP) is 2.13. The van der Waals surface area contributed by atoms with Crippen LogP contribution in [-0.2, 0) is 12.8 Å². The second-order valence-electron chi connectivity index (χ2n) is 2.86. The third-order valence-electron chi connectivity index (χ3n) is 2.09. The van der Waals surface area contributed by atoms with Gasteiger partial charge in [0.2, 0.25) is 0 Å². The van der Waals surface area contributed by atoms with Crippen LogP contribution in [-0.4, -0.2) is 4.98 Å². The van der Waals surface area contributed by atoms with E-state index in [4.69, 9.17) is 0 Å². The van der Waals surface area contributed by atoms with Crippen LogP contribution in [0.5, 0.6) is 0 Å². The van der Waals surface area contributed by atoms with Crippen molar-refractivity contribution in [3.05, 3.63) is 41.7 Å². The van der Waals surface area contributed by atoms with Gasteiger partial charge in [-0.15, -0.1) is 0 Å². The summed E-state index contributed by atoms with van der Waals surface area (Å²) < 4.78 is 0. The van der Waals surface area contributed by atoms with Crippen molar-refractivity contribution >= 4 is 0 Å². The monoisotopic (exact) mass is 145 g/mol. The molecule has 2 rings (SSSR count). The van der Waals surface area contributed by atoms with E-state index in [1.165, 1.54) is 17.5 Å². The molecule has 0 aliphatic heterocycles. The summed E-state index contributed by atoms with van der Waals surface area (Å²) in [6, 6.07) is 2.12. The zero-order valence-electron chi connectivity index (χ0n) is 6.46. The molecule has 0 saturated carbocycles. The molecule has 0 aromatic carbocycles. The van der Waals surface area contributed by atoms with Crippen molar-refractivity contribution in [3.8, 4) is 0 Å². The van der Waals surface area contributed by atoms with E-state index in [9.17, 15) is 0 Å². The lowest BCUT2D eigenvalue weighted by Crippen LogP contribution is -1.90. The summed E-state index contributed by atoms with van der Waals surface area (Å²) in [5, 5.41) is 0. The number of aryl methyl sites for hydroxylation is 1. The molecular formula is C10H11N. The Morgan fingerprint density at radius 1 is 1.18 bits per heavy atom. The largest absolute Gasteiger partial charge is 0.264 e. The molecule has 11 heavy (non-hydrogen) atoms. The fraction of sp³-hybridized carbons (Fsp3) is 0.300. The number of nitrogens with zero attached hydrogens (tertiary/aromatic N) is 1. The minimum absolute atomic E-state index is 1.08. The molecular weight excluding hydrogens is 134 g/mol. The van der Waals surface area contributed by atoms with E-state index in [-0.39, 0.29) is 0 Å². The average Bonchev–Trinajstić information content (AvgIpc) is 2.28. The van der Waals surface area contributed by atoms with E-state index in [1.54, 1.807) is 0 Å². The van der Waals surface area contributed by atoms with Gasteiger partial charge in [-0.2, -0.15) is 0 Å². The van der Waals surface area contributed by atoms with Gasteiger partial charge in [0.15, 0.2) is 0 Å². The van der Waals surface area contributed by atoms with Gasteiger partial charge in [0.25, 0.3) is 0 Å². The Balaban J connectivity index is 2.40. The first-order valence-corrected chi connectivity index (χ1v) is 4.03. The SMILES string of the molecule is C1=CCc2ccncc2CC1. The molecule has 0 atom stereocenters. The van der Waals surface area contributed by atoms with Crippen LogP contribution < -0.4 is 0 Å². The molecule has 0 unspecified atom stereocenters.